The fraction of sp³-hybridized carbons (Fsp3) is 0.400. The van der Waals surface area contributed by atoms with Crippen molar-refractivity contribution >= 4 is 5.70 Å². The molecule has 7 nitrogen and oxygen atoms in total. The van der Waals surface area contributed by atoms with Crippen LogP contribution >= 0.6 is 0 Å². The van der Waals surface area contributed by atoms with E-state index in [0.717, 1.165) is 5.56 Å². The highest BCUT2D eigenvalue weighted by molar-refractivity contribution is 5.61. The number of benzene rings is 1. The number of aliphatic hydroxyl groups is 1. The Morgan fingerprint density at radius 1 is 1.30 bits per heavy atom. The highest BCUT2D eigenvalue weighted by Crippen LogP contribution is 2.32. The predicted octanol–water partition coefficient (Wildman–Crippen LogP) is 2.81. The van der Waals surface area contributed by atoms with E-state index in [-0.39, 0.29) is 13.2 Å². The van der Waals surface area contributed by atoms with Crippen LogP contribution in [0, 0.1) is 5.41 Å². The molecule has 0 radical (unpaired) electrons. The van der Waals surface area contributed by atoms with E-state index in [9.17, 15) is 5.11 Å². The Hall–Kier alpha value is -2.64. The zero-order valence-electron chi connectivity index (χ0n) is 16.2. The van der Waals surface area contributed by atoms with Gasteiger partial charge in [0.15, 0.2) is 0 Å². The molecular formula is C20H28N4O3. The number of hydrogen-bond acceptors (Lipinski definition) is 6. The summed E-state index contributed by atoms with van der Waals surface area (Å²) < 4.78 is 7.48. The Morgan fingerprint density at radius 2 is 2.00 bits per heavy atom. The van der Waals surface area contributed by atoms with Crippen molar-refractivity contribution in [3.63, 3.8) is 0 Å². The van der Waals surface area contributed by atoms with Crippen molar-refractivity contribution in [2.45, 2.75) is 32.9 Å². The minimum absolute atomic E-state index is 0.122. The van der Waals surface area contributed by atoms with Crippen molar-refractivity contribution in [1.82, 2.24) is 20.2 Å². The summed E-state index contributed by atoms with van der Waals surface area (Å²) >= 11 is 0. The third-order valence-corrected chi connectivity index (χ3v) is 4.36. The minimum Gasteiger partial charge on any atom is -0.490 e. The molecule has 0 saturated carbocycles. The second-order valence-electron chi connectivity index (χ2n) is 7.37. The van der Waals surface area contributed by atoms with Crippen molar-refractivity contribution < 1.29 is 14.7 Å². The van der Waals surface area contributed by atoms with Gasteiger partial charge in [-0.15, -0.1) is 6.58 Å². The molecule has 0 fully saturated rings. The third-order valence-electron chi connectivity index (χ3n) is 4.36. The molecule has 146 valence electrons. The third kappa shape index (κ3) is 5.67. The van der Waals surface area contributed by atoms with Crippen LogP contribution in [0.4, 0.5) is 0 Å². The van der Waals surface area contributed by atoms with Crippen LogP contribution in [0.1, 0.15) is 26.3 Å². The fourth-order valence-corrected chi connectivity index (χ4v) is 2.28. The van der Waals surface area contributed by atoms with Crippen LogP contribution in [0.2, 0.25) is 0 Å². The van der Waals surface area contributed by atoms with E-state index in [1.165, 1.54) is 6.33 Å². The maximum absolute atomic E-state index is 11.2. The van der Waals surface area contributed by atoms with Gasteiger partial charge in [0.05, 0.1) is 18.8 Å². The molecule has 0 amide bonds. The maximum atomic E-state index is 11.2. The SMILES string of the molecule is C=CCONC(=C)c1ccc(OCC(O)(Cn2cncn2)C(C)(C)C)cc1. The number of nitrogens with one attached hydrogen (secondary N) is 1. The van der Waals surface area contributed by atoms with Gasteiger partial charge in [0.1, 0.15) is 30.6 Å². The summed E-state index contributed by atoms with van der Waals surface area (Å²) in [6, 6.07) is 7.40. The topological polar surface area (TPSA) is 81.4 Å². The Bertz CT molecular complexity index is 736. The molecule has 2 rings (SSSR count). The van der Waals surface area contributed by atoms with Gasteiger partial charge in [-0.2, -0.15) is 5.10 Å². The summed E-state index contributed by atoms with van der Waals surface area (Å²) in [6.07, 6.45) is 4.67. The molecule has 0 bridgehead atoms. The van der Waals surface area contributed by atoms with Crippen LogP contribution in [0.5, 0.6) is 5.75 Å². The molecule has 0 aliphatic carbocycles. The first kappa shape index (κ1) is 20.7. The number of hydroxylamine groups is 1. The normalized spacial score (nSPS) is 13.6. The molecule has 1 heterocycles. The molecule has 2 N–H and O–H groups in total. The van der Waals surface area contributed by atoms with E-state index < -0.39 is 11.0 Å². The van der Waals surface area contributed by atoms with Gasteiger partial charge in [0.2, 0.25) is 0 Å². The number of aromatic nitrogens is 3. The van der Waals surface area contributed by atoms with E-state index in [1.807, 2.05) is 45.0 Å². The predicted molar refractivity (Wildman–Crippen MR) is 105 cm³/mol. The van der Waals surface area contributed by atoms with Gasteiger partial charge in [0.25, 0.3) is 0 Å². The first-order chi connectivity index (χ1) is 12.7. The molecule has 1 unspecified atom stereocenters. The standard InChI is InChI=1S/C20H28N4O3/c1-6-11-27-23-16(2)17-7-9-18(10-8-17)26-13-20(25,19(3,4)5)12-24-15-21-14-22-24/h6-10,14-15,23,25H,1-2,11-13H2,3-5H3. The molecule has 1 aromatic heterocycles. The van der Waals surface area contributed by atoms with Crippen molar-refractivity contribution in [2.75, 3.05) is 13.2 Å². The number of hydrogen-bond donors (Lipinski definition) is 2. The van der Waals surface area contributed by atoms with Crippen LogP contribution in [-0.4, -0.2) is 38.7 Å². The van der Waals surface area contributed by atoms with Crippen LogP contribution < -0.4 is 10.2 Å². The largest absolute Gasteiger partial charge is 0.490 e. The van der Waals surface area contributed by atoms with E-state index in [1.54, 1.807) is 17.1 Å². The highest BCUT2D eigenvalue weighted by atomic mass is 16.6. The second-order valence-corrected chi connectivity index (χ2v) is 7.37. The summed E-state index contributed by atoms with van der Waals surface area (Å²) in [5.41, 5.74) is 2.73. The van der Waals surface area contributed by atoms with Gasteiger partial charge >= 0.3 is 0 Å². The lowest BCUT2D eigenvalue weighted by Gasteiger charge is -2.39. The van der Waals surface area contributed by atoms with Gasteiger partial charge in [0, 0.05) is 0 Å². The Labute approximate surface area is 160 Å². The summed E-state index contributed by atoms with van der Waals surface area (Å²) in [6.45, 7) is 14.2. The van der Waals surface area contributed by atoms with Crippen molar-refractivity contribution in [1.29, 1.82) is 0 Å². The molecule has 1 aromatic carbocycles. The molecule has 7 heteroatoms. The highest BCUT2D eigenvalue weighted by Gasteiger charge is 2.41. The lowest BCUT2D eigenvalue weighted by molar-refractivity contribution is -0.101. The quantitative estimate of drug-likeness (QED) is 0.379. The van der Waals surface area contributed by atoms with Crippen LogP contribution in [0.15, 0.2) is 56.2 Å². The lowest BCUT2D eigenvalue weighted by atomic mass is 9.77. The molecule has 0 saturated heterocycles. The lowest BCUT2D eigenvalue weighted by Crippen LogP contribution is -2.51. The molecule has 1 atom stereocenters. The summed E-state index contributed by atoms with van der Waals surface area (Å²) in [5.74, 6) is 0.653. The molecule has 0 aliphatic rings. The van der Waals surface area contributed by atoms with E-state index in [2.05, 4.69) is 28.7 Å². The second kappa shape index (κ2) is 8.83. The van der Waals surface area contributed by atoms with E-state index in [4.69, 9.17) is 9.57 Å². The smallest absolute Gasteiger partial charge is 0.137 e. The first-order valence-electron chi connectivity index (χ1n) is 8.71. The minimum atomic E-state index is -1.12. The van der Waals surface area contributed by atoms with Crippen molar-refractivity contribution in [2.24, 2.45) is 5.41 Å². The number of nitrogens with zero attached hydrogens (tertiary/aromatic N) is 3. The van der Waals surface area contributed by atoms with Crippen LogP contribution in [-0.2, 0) is 11.4 Å². The summed E-state index contributed by atoms with van der Waals surface area (Å²) in [4.78, 5) is 9.09. The average Bonchev–Trinajstić information content (AvgIpc) is 3.12. The molecule has 0 spiro atoms. The van der Waals surface area contributed by atoms with Crippen molar-refractivity contribution in [3.8, 4) is 5.75 Å². The fourth-order valence-electron chi connectivity index (χ4n) is 2.28. The van der Waals surface area contributed by atoms with Gasteiger partial charge in [-0.25, -0.2) is 9.67 Å². The Morgan fingerprint density at radius 3 is 2.56 bits per heavy atom. The summed E-state index contributed by atoms with van der Waals surface area (Å²) in [7, 11) is 0. The molecule has 27 heavy (non-hydrogen) atoms. The van der Waals surface area contributed by atoms with Crippen LogP contribution in [0.3, 0.4) is 0 Å². The zero-order chi connectivity index (χ0) is 19.9. The maximum Gasteiger partial charge on any atom is 0.137 e. The van der Waals surface area contributed by atoms with Gasteiger partial charge in [-0.3, -0.25) is 10.3 Å². The number of ether oxygens (including phenoxy) is 1. The number of rotatable bonds is 10. The van der Waals surface area contributed by atoms with E-state index >= 15 is 0 Å². The van der Waals surface area contributed by atoms with Gasteiger partial charge in [-0.1, -0.05) is 33.4 Å². The average molecular weight is 372 g/mol. The van der Waals surface area contributed by atoms with Gasteiger partial charge in [-0.05, 0) is 35.2 Å². The summed E-state index contributed by atoms with van der Waals surface area (Å²) in [5, 5.41) is 15.3. The first-order valence-corrected chi connectivity index (χ1v) is 8.71. The van der Waals surface area contributed by atoms with Crippen LogP contribution in [0.25, 0.3) is 5.70 Å². The van der Waals surface area contributed by atoms with Crippen molar-refractivity contribution in [3.05, 3.63) is 61.7 Å². The Kier molecular flexibility index (Phi) is 6.76. The van der Waals surface area contributed by atoms with E-state index in [0.29, 0.717) is 18.1 Å². The van der Waals surface area contributed by atoms with Gasteiger partial charge < -0.3 is 9.84 Å². The molecule has 0 aliphatic heterocycles. The Balaban J connectivity index is 2.00. The molecule has 2 aromatic rings. The molecular weight excluding hydrogens is 344 g/mol. The zero-order valence-corrected chi connectivity index (χ0v) is 16.2. The monoisotopic (exact) mass is 372 g/mol.